The van der Waals surface area contributed by atoms with E-state index in [1.165, 1.54) is 11.1 Å². The van der Waals surface area contributed by atoms with Crippen molar-refractivity contribution in [3.8, 4) is 0 Å². The van der Waals surface area contributed by atoms with Crippen molar-refractivity contribution in [2.24, 2.45) is 0 Å². The number of nitrogens with one attached hydrogen (secondary N) is 2. The van der Waals surface area contributed by atoms with Gasteiger partial charge in [0, 0.05) is 24.3 Å². The molecule has 2 aromatic rings. The van der Waals surface area contributed by atoms with Gasteiger partial charge in [-0.3, -0.25) is 4.68 Å². The number of anilines is 1. The Balaban J connectivity index is 1.56. The zero-order chi connectivity index (χ0) is 23.0. The second-order valence-electron chi connectivity index (χ2n) is 9.14. The summed E-state index contributed by atoms with van der Waals surface area (Å²) in [5.41, 5.74) is 6.50. The molecule has 0 spiro atoms. The molecule has 0 fully saturated rings. The molecule has 0 radical (unpaired) electrons. The lowest BCUT2D eigenvalue weighted by Gasteiger charge is -2.16. The van der Waals surface area contributed by atoms with Gasteiger partial charge in [0.05, 0.1) is 5.69 Å². The summed E-state index contributed by atoms with van der Waals surface area (Å²) >= 11 is 0. The Hall–Kier alpha value is -2.39. The Morgan fingerprint density at radius 2 is 1.75 bits per heavy atom. The maximum Gasteiger partial charge on any atom is 0.333 e. The fourth-order valence-corrected chi connectivity index (χ4v) is 5.66. The third kappa shape index (κ3) is 4.41. The molecule has 1 aromatic heterocycles. The number of carbonyl (C=O) groups excluding carboxylic acids is 1. The third-order valence-electron chi connectivity index (χ3n) is 6.47. The predicted molar refractivity (Wildman–Crippen MR) is 124 cm³/mol. The largest absolute Gasteiger partial charge is 0.333 e. The fourth-order valence-electron chi connectivity index (χ4n) is 4.77. The van der Waals surface area contributed by atoms with E-state index < -0.39 is 16.1 Å². The van der Waals surface area contributed by atoms with Crippen molar-refractivity contribution in [1.29, 1.82) is 0 Å². The van der Waals surface area contributed by atoms with E-state index in [0.717, 1.165) is 67.6 Å². The summed E-state index contributed by atoms with van der Waals surface area (Å²) < 4.78 is 29.9. The minimum atomic E-state index is -4.10. The van der Waals surface area contributed by atoms with E-state index in [1.807, 2.05) is 27.8 Å². The van der Waals surface area contributed by atoms with E-state index in [9.17, 15) is 13.2 Å². The summed E-state index contributed by atoms with van der Waals surface area (Å²) in [6, 6.07) is 3.10. The van der Waals surface area contributed by atoms with Crippen LogP contribution in [0.15, 0.2) is 17.2 Å². The number of benzene rings is 1. The maximum atomic E-state index is 13.0. The first-order valence-corrected chi connectivity index (χ1v) is 12.9. The van der Waals surface area contributed by atoms with Gasteiger partial charge < -0.3 is 10.2 Å². The van der Waals surface area contributed by atoms with Crippen molar-refractivity contribution in [1.82, 2.24) is 19.4 Å². The number of hydrogen-bond donors (Lipinski definition) is 2. The summed E-state index contributed by atoms with van der Waals surface area (Å²) in [4.78, 5) is 14.9. The van der Waals surface area contributed by atoms with E-state index in [2.05, 4.69) is 26.1 Å². The topological polar surface area (TPSA) is 96.3 Å². The van der Waals surface area contributed by atoms with Gasteiger partial charge in [-0.15, -0.1) is 0 Å². The quantitative estimate of drug-likeness (QED) is 0.662. The molecule has 32 heavy (non-hydrogen) atoms. The smallest absolute Gasteiger partial charge is 0.307 e. The lowest BCUT2D eigenvalue weighted by atomic mass is 9.99. The number of carbonyl (C=O) groups is 1. The summed E-state index contributed by atoms with van der Waals surface area (Å²) in [6.45, 7) is 7.35. The number of hydrogen-bond acceptors (Lipinski definition) is 5. The molecule has 9 heteroatoms. The average molecular weight is 460 g/mol. The van der Waals surface area contributed by atoms with Crippen LogP contribution in [0.1, 0.15) is 67.6 Å². The summed E-state index contributed by atoms with van der Waals surface area (Å²) in [5, 5.41) is 7.05. The van der Waals surface area contributed by atoms with E-state index in [4.69, 9.17) is 0 Å². The minimum Gasteiger partial charge on any atom is -0.307 e. The van der Waals surface area contributed by atoms with Gasteiger partial charge in [0.2, 0.25) is 0 Å². The molecule has 2 aliphatic carbocycles. The fraction of sp³-hybridized carbons (Fsp3) is 0.565. The van der Waals surface area contributed by atoms with Crippen LogP contribution < -0.4 is 10.0 Å². The van der Waals surface area contributed by atoms with Crippen molar-refractivity contribution in [2.75, 3.05) is 18.9 Å². The van der Waals surface area contributed by atoms with Crippen LogP contribution in [0.2, 0.25) is 0 Å². The molecule has 1 aromatic carbocycles. The van der Waals surface area contributed by atoms with E-state index in [0.29, 0.717) is 6.54 Å². The molecule has 0 saturated carbocycles. The normalized spacial score (nSPS) is 15.3. The van der Waals surface area contributed by atoms with Gasteiger partial charge in [0.25, 0.3) is 10.0 Å². The molecule has 2 N–H and O–H groups in total. The van der Waals surface area contributed by atoms with E-state index >= 15 is 0 Å². The molecular formula is C23H33N5O3S. The third-order valence-corrected chi connectivity index (χ3v) is 7.67. The maximum absolute atomic E-state index is 13.0. The second kappa shape index (κ2) is 8.86. The van der Waals surface area contributed by atoms with Crippen molar-refractivity contribution < 1.29 is 13.2 Å². The molecule has 8 nitrogen and oxygen atoms in total. The van der Waals surface area contributed by atoms with Crippen LogP contribution in [-0.2, 0) is 42.3 Å². The number of rotatable bonds is 7. The Kier molecular flexibility index (Phi) is 6.31. The van der Waals surface area contributed by atoms with Gasteiger partial charge in [-0.2, -0.15) is 13.5 Å². The summed E-state index contributed by atoms with van der Waals surface area (Å²) in [7, 11) is -2.13. The molecular weight excluding hydrogens is 426 g/mol. The number of aromatic nitrogens is 2. The molecule has 4 rings (SSSR count). The molecule has 2 aliphatic rings. The number of amides is 2. The van der Waals surface area contributed by atoms with Crippen molar-refractivity contribution >= 4 is 21.7 Å². The lowest BCUT2D eigenvalue weighted by Crippen LogP contribution is -2.35. The van der Waals surface area contributed by atoms with Crippen molar-refractivity contribution in [3.63, 3.8) is 0 Å². The zero-order valence-electron chi connectivity index (χ0n) is 19.4. The van der Waals surface area contributed by atoms with Crippen molar-refractivity contribution in [2.45, 2.75) is 76.9 Å². The highest BCUT2D eigenvalue weighted by Crippen LogP contribution is 2.38. The Labute approximate surface area is 190 Å². The molecule has 0 saturated heterocycles. The standard InChI is InChI=1S/C23H33N5O3S/c1-5-27(4)14-18-13-21(25-28(18)15(2)3)32(30,31)26-23(29)24-22-19-10-6-8-16(19)12-17-9-7-11-20(17)22/h12-13,15H,5-11,14H2,1-4H3,(H2,24,26,29). The van der Waals surface area contributed by atoms with E-state index in [-0.39, 0.29) is 11.1 Å². The van der Waals surface area contributed by atoms with Crippen LogP contribution >= 0.6 is 0 Å². The zero-order valence-corrected chi connectivity index (χ0v) is 20.2. The SMILES string of the molecule is CCN(C)Cc1cc(S(=O)(=O)NC(=O)Nc2c3c(cc4c2CCC4)CCC3)nn1C(C)C. The van der Waals surface area contributed by atoms with Crippen LogP contribution in [0, 0.1) is 0 Å². The highest BCUT2D eigenvalue weighted by atomic mass is 32.2. The molecule has 0 atom stereocenters. The average Bonchev–Trinajstić information content (AvgIpc) is 3.46. The van der Waals surface area contributed by atoms with Gasteiger partial charge in [-0.05, 0) is 88.2 Å². The summed E-state index contributed by atoms with van der Waals surface area (Å²) in [5.74, 6) is 0. The molecule has 1 heterocycles. The first-order chi connectivity index (χ1) is 15.2. The van der Waals surface area contributed by atoms with Crippen LogP contribution in [-0.4, -0.2) is 42.7 Å². The van der Waals surface area contributed by atoms with Gasteiger partial charge in [0.1, 0.15) is 0 Å². The molecule has 174 valence electrons. The monoisotopic (exact) mass is 459 g/mol. The second-order valence-corrected chi connectivity index (χ2v) is 10.8. The highest BCUT2D eigenvalue weighted by Gasteiger charge is 2.28. The Morgan fingerprint density at radius 1 is 1.12 bits per heavy atom. The van der Waals surface area contributed by atoms with Gasteiger partial charge in [-0.25, -0.2) is 9.52 Å². The van der Waals surface area contributed by atoms with Crippen molar-refractivity contribution in [3.05, 3.63) is 40.1 Å². The highest BCUT2D eigenvalue weighted by molar-refractivity contribution is 7.90. The molecule has 2 amide bonds. The minimum absolute atomic E-state index is 0.00234. The predicted octanol–water partition coefficient (Wildman–Crippen LogP) is 3.40. The molecule has 0 bridgehead atoms. The number of sulfonamides is 1. The number of aryl methyl sites for hydroxylation is 2. The van der Waals surface area contributed by atoms with Gasteiger partial charge in [0.15, 0.2) is 5.03 Å². The molecule has 0 aliphatic heterocycles. The lowest BCUT2D eigenvalue weighted by molar-refractivity contribution is 0.256. The van der Waals surface area contributed by atoms with Crippen LogP contribution in [0.5, 0.6) is 0 Å². The van der Waals surface area contributed by atoms with E-state index in [1.54, 1.807) is 10.7 Å². The number of nitrogens with zero attached hydrogens (tertiary/aromatic N) is 3. The number of urea groups is 1. The van der Waals surface area contributed by atoms with Crippen LogP contribution in [0.4, 0.5) is 10.5 Å². The van der Waals surface area contributed by atoms with Gasteiger partial charge >= 0.3 is 6.03 Å². The van der Waals surface area contributed by atoms with Crippen LogP contribution in [0.3, 0.4) is 0 Å². The first-order valence-electron chi connectivity index (χ1n) is 11.5. The number of fused-ring (bicyclic) bond motifs is 2. The van der Waals surface area contributed by atoms with Gasteiger partial charge in [-0.1, -0.05) is 13.0 Å². The Morgan fingerprint density at radius 3 is 2.31 bits per heavy atom. The summed E-state index contributed by atoms with van der Waals surface area (Å²) in [6.07, 6.45) is 5.98. The Bertz CT molecular complexity index is 1100. The first kappa shape index (κ1) is 22.8. The molecule has 0 unspecified atom stereocenters. The van der Waals surface area contributed by atoms with Crippen LogP contribution in [0.25, 0.3) is 0 Å².